The molecule has 2 unspecified atom stereocenters. The first-order valence-electron chi connectivity index (χ1n) is 3.79. The van der Waals surface area contributed by atoms with Crippen molar-refractivity contribution in [3.63, 3.8) is 0 Å². The minimum absolute atomic E-state index is 0.315. The Kier molecular flexibility index (Phi) is 0.853. The van der Waals surface area contributed by atoms with Crippen LogP contribution in [0.25, 0.3) is 0 Å². The van der Waals surface area contributed by atoms with E-state index in [1.807, 2.05) is 12.2 Å². The molecule has 0 heterocycles. The van der Waals surface area contributed by atoms with Gasteiger partial charge in [0.15, 0.2) is 0 Å². The molecule has 0 aliphatic heterocycles. The Morgan fingerprint density at radius 3 is 3.33 bits per heavy atom. The van der Waals surface area contributed by atoms with Gasteiger partial charge in [-0.05, 0) is 18.4 Å². The lowest BCUT2D eigenvalue weighted by molar-refractivity contribution is 0.809. The lowest BCUT2D eigenvalue weighted by atomic mass is 9.99. The van der Waals surface area contributed by atoms with Gasteiger partial charge in [-0.1, -0.05) is 30.4 Å². The van der Waals surface area contributed by atoms with Gasteiger partial charge in [-0.25, -0.2) is 0 Å². The van der Waals surface area contributed by atoms with Crippen molar-refractivity contribution in [1.29, 1.82) is 0 Å². The largest absolute Gasteiger partial charge is 0.0804 e. The summed E-state index contributed by atoms with van der Waals surface area (Å²) < 4.78 is 7.55. The van der Waals surface area contributed by atoms with Crippen LogP contribution in [0.4, 0.5) is 0 Å². The summed E-state index contributed by atoms with van der Waals surface area (Å²) in [6.07, 6.45) is 12.4. The molecule has 0 amide bonds. The minimum atomic E-state index is 0.315. The molecule has 0 spiro atoms. The molecule has 2 bridgehead atoms. The van der Waals surface area contributed by atoms with Crippen LogP contribution in [0.5, 0.6) is 0 Å². The first-order valence-corrected chi connectivity index (χ1v) is 3.29. The molecule has 45 valence electrons. The smallest absolute Gasteiger partial charge is 0.0579 e. The predicted octanol–water partition coefficient (Wildman–Crippen LogP) is 2.11. The third-order valence-corrected chi connectivity index (χ3v) is 1.72. The van der Waals surface area contributed by atoms with Gasteiger partial charge in [0, 0.05) is 5.92 Å². The Balaban J connectivity index is 2.37. The van der Waals surface area contributed by atoms with Crippen LogP contribution in [-0.2, 0) is 0 Å². The highest BCUT2D eigenvalue weighted by molar-refractivity contribution is 5.21. The molecule has 0 saturated carbocycles. The van der Waals surface area contributed by atoms with E-state index in [0.717, 1.165) is 12.5 Å². The fourth-order valence-electron chi connectivity index (χ4n) is 1.17. The molecule has 0 saturated heterocycles. The highest BCUT2D eigenvalue weighted by atomic mass is 14.1. The van der Waals surface area contributed by atoms with Gasteiger partial charge in [0.05, 0.1) is 1.37 Å². The van der Waals surface area contributed by atoms with Gasteiger partial charge in [0.2, 0.25) is 0 Å². The van der Waals surface area contributed by atoms with E-state index < -0.39 is 0 Å². The van der Waals surface area contributed by atoms with E-state index in [1.165, 1.54) is 0 Å². The topological polar surface area (TPSA) is 0 Å². The molecule has 3 aliphatic rings. The molecule has 0 aromatic heterocycles. The monoisotopic (exact) mass is 118 g/mol. The minimum Gasteiger partial charge on any atom is -0.0804 e. The second kappa shape index (κ2) is 1.87. The molecule has 2 atom stereocenters. The summed E-state index contributed by atoms with van der Waals surface area (Å²) in [5.41, 5.74) is 0. The van der Waals surface area contributed by atoms with E-state index in [4.69, 9.17) is 1.37 Å². The molecule has 0 heteroatoms. The molecule has 3 aliphatic carbocycles. The standard InChI is InChI=1S/C9H9/c1-2-8-4-6-9(3-1)7-5-8/h2,4-9H,3H2/i6D. The Morgan fingerprint density at radius 1 is 1.44 bits per heavy atom. The van der Waals surface area contributed by atoms with Gasteiger partial charge >= 0.3 is 0 Å². The zero-order valence-corrected chi connectivity index (χ0v) is 5.17. The molecular formula is C9H9. The normalized spacial score (nSPS) is 40.0. The fourth-order valence-corrected chi connectivity index (χ4v) is 1.17. The molecule has 0 N–H and O–H groups in total. The number of fused-ring (bicyclic) bond motifs is 1. The van der Waals surface area contributed by atoms with Crippen LogP contribution in [0.2, 0.25) is 0 Å². The van der Waals surface area contributed by atoms with Gasteiger partial charge in [-0.15, -0.1) is 0 Å². The highest BCUT2D eigenvalue weighted by Crippen LogP contribution is 2.22. The Morgan fingerprint density at radius 2 is 2.44 bits per heavy atom. The van der Waals surface area contributed by atoms with Crippen LogP contribution in [0.15, 0.2) is 30.4 Å². The van der Waals surface area contributed by atoms with Crippen molar-refractivity contribution in [2.45, 2.75) is 6.42 Å². The first-order chi connectivity index (χ1) is 4.86. The molecular weight excluding hydrogens is 108 g/mol. The summed E-state index contributed by atoms with van der Waals surface area (Å²) >= 11 is 0. The zero-order valence-electron chi connectivity index (χ0n) is 6.17. The van der Waals surface area contributed by atoms with Gasteiger partial charge in [-0.3, -0.25) is 0 Å². The number of hydrogen-bond donors (Lipinski definition) is 0. The zero-order chi connectivity index (χ0) is 6.97. The lowest BCUT2D eigenvalue weighted by Gasteiger charge is -2.06. The maximum atomic E-state index is 7.55. The van der Waals surface area contributed by atoms with Crippen molar-refractivity contribution in [2.24, 2.45) is 11.8 Å². The van der Waals surface area contributed by atoms with Gasteiger partial charge in [0.1, 0.15) is 0 Å². The summed E-state index contributed by atoms with van der Waals surface area (Å²) in [5, 5.41) is 0. The fraction of sp³-hybridized carbons (Fsp3) is 0.333. The van der Waals surface area contributed by atoms with Gasteiger partial charge in [0.25, 0.3) is 0 Å². The second-order valence-corrected chi connectivity index (χ2v) is 2.48. The average molecular weight is 118 g/mol. The predicted molar refractivity (Wildman–Crippen MR) is 37.7 cm³/mol. The Bertz CT molecular complexity index is 221. The summed E-state index contributed by atoms with van der Waals surface area (Å²) in [6.45, 7) is 0. The molecule has 0 aromatic carbocycles. The van der Waals surface area contributed by atoms with E-state index in [0.29, 0.717) is 11.8 Å². The highest BCUT2D eigenvalue weighted by Gasteiger charge is 2.09. The SMILES string of the molecule is [2H]C1=CC2C=[C]CC1C=C2. The molecule has 0 fully saturated rings. The molecule has 0 nitrogen and oxygen atoms in total. The first kappa shape index (κ1) is 4.10. The van der Waals surface area contributed by atoms with Gasteiger partial charge in [-0.2, -0.15) is 0 Å². The van der Waals surface area contributed by atoms with Crippen LogP contribution in [-0.4, -0.2) is 0 Å². The van der Waals surface area contributed by atoms with E-state index in [9.17, 15) is 0 Å². The summed E-state index contributed by atoms with van der Waals surface area (Å²) in [5.74, 6) is 0.668. The average Bonchev–Trinajstić information content (AvgIpc) is 2.20. The summed E-state index contributed by atoms with van der Waals surface area (Å²) in [7, 11) is 0. The molecule has 0 aromatic rings. The van der Waals surface area contributed by atoms with Crippen molar-refractivity contribution in [2.75, 3.05) is 0 Å². The van der Waals surface area contributed by atoms with Crippen molar-refractivity contribution < 1.29 is 1.37 Å². The molecule has 9 heavy (non-hydrogen) atoms. The number of allylic oxidation sites excluding steroid dienone is 6. The van der Waals surface area contributed by atoms with Crippen molar-refractivity contribution in [3.8, 4) is 0 Å². The summed E-state index contributed by atoms with van der Waals surface area (Å²) in [4.78, 5) is 0. The van der Waals surface area contributed by atoms with Crippen LogP contribution in [0.1, 0.15) is 7.79 Å². The van der Waals surface area contributed by atoms with Crippen LogP contribution >= 0.6 is 0 Å². The van der Waals surface area contributed by atoms with E-state index in [1.54, 1.807) is 0 Å². The molecule has 1 radical (unpaired) electrons. The van der Waals surface area contributed by atoms with Gasteiger partial charge < -0.3 is 0 Å². The second-order valence-electron chi connectivity index (χ2n) is 2.48. The number of hydrogen-bond acceptors (Lipinski definition) is 0. The van der Waals surface area contributed by atoms with Crippen molar-refractivity contribution in [3.05, 3.63) is 36.4 Å². The lowest BCUT2D eigenvalue weighted by Crippen LogP contribution is -1.94. The number of rotatable bonds is 0. The van der Waals surface area contributed by atoms with Crippen molar-refractivity contribution in [1.82, 2.24) is 0 Å². The van der Waals surface area contributed by atoms with Crippen LogP contribution in [0.3, 0.4) is 0 Å². The maximum Gasteiger partial charge on any atom is 0.0579 e. The van der Waals surface area contributed by atoms with Crippen LogP contribution < -0.4 is 0 Å². The van der Waals surface area contributed by atoms with Crippen LogP contribution in [0, 0.1) is 17.9 Å². The maximum absolute atomic E-state index is 7.55. The third-order valence-electron chi connectivity index (χ3n) is 1.72. The summed E-state index contributed by atoms with van der Waals surface area (Å²) in [6, 6.07) is 0.758. The Labute approximate surface area is 57.0 Å². The Hall–Kier alpha value is -0.780. The van der Waals surface area contributed by atoms with E-state index >= 15 is 0 Å². The van der Waals surface area contributed by atoms with Crippen molar-refractivity contribution >= 4 is 0 Å². The third kappa shape index (κ3) is 0.849. The van der Waals surface area contributed by atoms with E-state index in [2.05, 4.69) is 18.2 Å². The molecule has 3 rings (SSSR count). The van der Waals surface area contributed by atoms with E-state index in [-0.39, 0.29) is 0 Å². The quantitative estimate of drug-likeness (QED) is 0.427.